The molecule has 0 bridgehead atoms. The van der Waals surface area contributed by atoms with Gasteiger partial charge in [-0.1, -0.05) is 22.8 Å². The molecule has 148 valence electrons. The average Bonchev–Trinajstić information content (AvgIpc) is 3.04. The summed E-state index contributed by atoms with van der Waals surface area (Å²) in [5, 5.41) is 6.99. The summed E-state index contributed by atoms with van der Waals surface area (Å²) < 4.78 is 55.9. The number of sulfone groups is 1. The van der Waals surface area contributed by atoms with Crippen LogP contribution < -0.4 is 0 Å². The maximum atomic E-state index is 13.1. The van der Waals surface area contributed by atoms with Crippen LogP contribution in [0.1, 0.15) is 41.3 Å². The van der Waals surface area contributed by atoms with Crippen molar-refractivity contribution in [2.75, 3.05) is 19.3 Å². The number of nitrogens with zero attached hydrogens (tertiary/aromatic N) is 3. The second-order valence-electron chi connectivity index (χ2n) is 7.08. The molecule has 2 aromatic rings. The highest BCUT2D eigenvalue weighted by Gasteiger charge is 2.34. The molecule has 0 radical (unpaired) electrons. The fraction of sp³-hybridized carbons (Fsp3) is 0.529. The van der Waals surface area contributed by atoms with Gasteiger partial charge in [0.05, 0.1) is 4.90 Å². The van der Waals surface area contributed by atoms with Crippen LogP contribution in [-0.2, 0) is 19.9 Å². The van der Waals surface area contributed by atoms with E-state index in [1.54, 1.807) is 0 Å². The first-order valence-corrected chi connectivity index (χ1v) is 11.9. The van der Waals surface area contributed by atoms with Crippen molar-refractivity contribution in [3.63, 3.8) is 0 Å². The van der Waals surface area contributed by atoms with E-state index in [0.29, 0.717) is 30.8 Å². The van der Waals surface area contributed by atoms with Crippen LogP contribution in [0.3, 0.4) is 0 Å². The molecule has 1 fully saturated rings. The Hall–Kier alpha value is -1.78. The lowest BCUT2D eigenvalue weighted by Gasteiger charge is -2.30. The molecule has 10 heteroatoms. The van der Waals surface area contributed by atoms with Gasteiger partial charge in [0.15, 0.2) is 0 Å². The van der Waals surface area contributed by atoms with Crippen molar-refractivity contribution in [2.45, 2.75) is 49.6 Å². The second-order valence-corrected chi connectivity index (χ2v) is 10.9. The number of piperidine rings is 1. The Morgan fingerprint density at radius 3 is 2.04 bits per heavy atom. The molecule has 3 rings (SSSR count). The molecule has 0 saturated carbocycles. The topological polar surface area (TPSA) is 110 Å². The van der Waals surface area contributed by atoms with Gasteiger partial charge in [0.2, 0.25) is 25.8 Å². The van der Waals surface area contributed by atoms with Crippen molar-refractivity contribution in [2.24, 2.45) is 0 Å². The number of hydrogen-bond acceptors (Lipinski definition) is 7. The number of rotatable bonds is 4. The molecule has 0 spiro atoms. The van der Waals surface area contributed by atoms with E-state index in [-0.39, 0.29) is 11.8 Å². The molecule has 1 aliphatic rings. The quantitative estimate of drug-likeness (QED) is 0.753. The van der Waals surface area contributed by atoms with Crippen LogP contribution >= 0.6 is 0 Å². The summed E-state index contributed by atoms with van der Waals surface area (Å²) in [5.41, 5.74) is 2.51. The first-order chi connectivity index (χ1) is 12.5. The summed E-state index contributed by atoms with van der Waals surface area (Å²) in [7, 11) is -7.14. The summed E-state index contributed by atoms with van der Waals surface area (Å²) >= 11 is 0. The van der Waals surface area contributed by atoms with Crippen molar-refractivity contribution < 1.29 is 21.3 Å². The van der Waals surface area contributed by atoms with Gasteiger partial charge < -0.3 is 4.42 Å². The third-order valence-electron chi connectivity index (χ3n) is 4.74. The van der Waals surface area contributed by atoms with Crippen molar-refractivity contribution in [3.8, 4) is 0 Å². The van der Waals surface area contributed by atoms with Crippen LogP contribution in [0.5, 0.6) is 0 Å². The lowest BCUT2D eigenvalue weighted by atomic mass is 9.98. The number of hydrogen-bond donors (Lipinski definition) is 0. The fourth-order valence-corrected chi connectivity index (χ4v) is 5.89. The molecule has 1 aromatic carbocycles. The zero-order chi connectivity index (χ0) is 20.0. The summed E-state index contributed by atoms with van der Waals surface area (Å²) in [4.78, 5) is 0.365. The van der Waals surface area contributed by atoms with Gasteiger partial charge in [-0.2, -0.15) is 4.31 Å². The minimum Gasteiger partial charge on any atom is -0.412 e. The smallest absolute Gasteiger partial charge is 0.335 e. The number of benzene rings is 1. The summed E-state index contributed by atoms with van der Waals surface area (Å²) in [5.74, 6) is 0.0924. The van der Waals surface area contributed by atoms with Crippen LogP contribution in [0.2, 0.25) is 0 Å². The molecular weight excluding hydrogens is 390 g/mol. The van der Waals surface area contributed by atoms with Crippen molar-refractivity contribution in [1.82, 2.24) is 14.5 Å². The maximum Gasteiger partial charge on any atom is 0.335 e. The van der Waals surface area contributed by atoms with E-state index in [4.69, 9.17) is 4.42 Å². The molecule has 0 unspecified atom stereocenters. The average molecular weight is 414 g/mol. The Bertz CT molecular complexity index is 1040. The van der Waals surface area contributed by atoms with Gasteiger partial charge in [0.25, 0.3) is 0 Å². The van der Waals surface area contributed by atoms with Crippen LogP contribution in [0, 0.1) is 20.8 Å². The lowest BCUT2D eigenvalue weighted by molar-refractivity contribution is 0.278. The van der Waals surface area contributed by atoms with E-state index in [0.717, 1.165) is 22.9 Å². The normalized spacial score (nSPS) is 17.3. The first-order valence-electron chi connectivity index (χ1n) is 8.61. The molecule has 0 amide bonds. The van der Waals surface area contributed by atoms with E-state index < -0.39 is 25.1 Å². The van der Waals surface area contributed by atoms with Gasteiger partial charge >= 0.3 is 5.22 Å². The van der Waals surface area contributed by atoms with Gasteiger partial charge in [0, 0.05) is 25.3 Å². The summed E-state index contributed by atoms with van der Waals surface area (Å²) in [6.45, 7) is 6.19. The number of aryl methyl sites for hydroxylation is 3. The van der Waals surface area contributed by atoms with Gasteiger partial charge in [-0.05, 0) is 44.7 Å². The highest BCUT2D eigenvalue weighted by molar-refractivity contribution is 7.90. The molecule has 1 aliphatic heterocycles. The van der Waals surface area contributed by atoms with Crippen molar-refractivity contribution >= 4 is 19.9 Å². The molecule has 27 heavy (non-hydrogen) atoms. The Kier molecular flexibility index (Phi) is 5.17. The third-order valence-corrected chi connectivity index (χ3v) is 7.75. The largest absolute Gasteiger partial charge is 0.412 e. The van der Waals surface area contributed by atoms with Gasteiger partial charge in [-0.25, -0.2) is 16.8 Å². The fourth-order valence-electron chi connectivity index (χ4n) is 3.58. The van der Waals surface area contributed by atoms with E-state index in [2.05, 4.69) is 10.2 Å². The van der Waals surface area contributed by atoms with Crippen LogP contribution in [0.25, 0.3) is 0 Å². The number of aromatic nitrogens is 2. The first kappa shape index (κ1) is 20.0. The SMILES string of the molecule is Cc1cc(C)c(S(=O)(=O)N2CCC(c3nnc(S(C)(=O)=O)o3)CC2)c(C)c1. The predicted octanol–water partition coefficient (Wildman–Crippen LogP) is 1.97. The summed E-state index contributed by atoms with van der Waals surface area (Å²) in [6.07, 6.45) is 1.99. The van der Waals surface area contributed by atoms with Gasteiger partial charge in [-0.15, -0.1) is 5.10 Å². The summed E-state index contributed by atoms with van der Waals surface area (Å²) in [6, 6.07) is 3.75. The van der Waals surface area contributed by atoms with Gasteiger partial charge in [-0.3, -0.25) is 0 Å². The highest BCUT2D eigenvalue weighted by Crippen LogP contribution is 2.32. The van der Waals surface area contributed by atoms with Gasteiger partial charge in [0.1, 0.15) is 0 Å². The molecule has 8 nitrogen and oxygen atoms in total. The Morgan fingerprint density at radius 1 is 1.00 bits per heavy atom. The van der Waals surface area contributed by atoms with E-state index in [1.807, 2.05) is 32.9 Å². The van der Waals surface area contributed by atoms with E-state index >= 15 is 0 Å². The maximum absolute atomic E-state index is 13.1. The zero-order valence-corrected chi connectivity index (χ0v) is 17.4. The molecule has 2 heterocycles. The molecule has 1 saturated heterocycles. The Morgan fingerprint density at radius 2 is 1.56 bits per heavy atom. The molecular formula is C17H23N3O5S2. The number of sulfonamides is 1. The minimum absolute atomic E-state index is 0.153. The van der Waals surface area contributed by atoms with E-state index in [9.17, 15) is 16.8 Å². The van der Waals surface area contributed by atoms with Crippen molar-refractivity contribution in [3.05, 3.63) is 34.7 Å². The standard InChI is InChI=1S/C17H23N3O5S2/c1-11-9-12(2)15(13(3)10-11)27(23,24)20-7-5-14(6-8-20)16-18-19-17(25-16)26(4,21)22/h9-10,14H,5-8H2,1-4H3. The monoisotopic (exact) mass is 413 g/mol. The molecule has 1 aromatic heterocycles. The zero-order valence-electron chi connectivity index (χ0n) is 15.8. The van der Waals surface area contributed by atoms with Crippen LogP contribution in [0.4, 0.5) is 0 Å². The van der Waals surface area contributed by atoms with Crippen molar-refractivity contribution in [1.29, 1.82) is 0 Å². The molecule has 0 aliphatic carbocycles. The molecule has 0 atom stereocenters. The predicted molar refractivity (Wildman–Crippen MR) is 98.8 cm³/mol. The highest BCUT2D eigenvalue weighted by atomic mass is 32.2. The second kappa shape index (κ2) is 6.99. The Balaban J connectivity index is 1.78. The van der Waals surface area contributed by atoms with Crippen LogP contribution in [-0.4, -0.2) is 50.7 Å². The minimum atomic E-state index is -3.59. The third kappa shape index (κ3) is 3.92. The van der Waals surface area contributed by atoms with Crippen LogP contribution in [0.15, 0.2) is 26.7 Å². The van der Waals surface area contributed by atoms with E-state index in [1.165, 1.54) is 4.31 Å². The Labute approximate surface area is 159 Å². The molecule has 0 N–H and O–H groups in total. The lowest BCUT2D eigenvalue weighted by Crippen LogP contribution is -2.38.